The van der Waals surface area contributed by atoms with Crippen LogP contribution in [-0.4, -0.2) is 19.9 Å². The van der Waals surface area contributed by atoms with Gasteiger partial charge < -0.3 is 5.32 Å². The lowest BCUT2D eigenvalue weighted by Crippen LogP contribution is -2.18. The van der Waals surface area contributed by atoms with Gasteiger partial charge in [0.1, 0.15) is 10.8 Å². The quantitative estimate of drug-likeness (QED) is 0.791. The summed E-state index contributed by atoms with van der Waals surface area (Å²) in [6.07, 6.45) is 0.805. The third-order valence-corrected chi connectivity index (χ3v) is 4.28. The SMILES string of the molecule is CCc1nc(CS(N)(=O)=O)sc1CNCC(C)C. The van der Waals surface area contributed by atoms with Gasteiger partial charge in [-0.3, -0.25) is 0 Å². The van der Waals surface area contributed by atoms with Gasteiger partial charge in [-0.15, -0.1) is 11.3 Å². The van der Waals surface area contributed by atoms with E-state index in [2.05, 4.69) is 24.1 Å². The Morgan fingerprint density at radius 3 is 2.61 bits per heavy atom. The average Bonchev–Trinajstić information content (AvgIpc) is 2.57. The molecule has 0 aliphatic carbocycles. The number of hydrogen-bond acceptors (Lipinski definition) is 5. The molecule has 0 aliphatic heterocycles. The molecule has 0 aliphatic rings. The van der Waals surface area contributed by atoms with E-state index in [1.807, 2.05) is 6.92 Å². The van der Waals surface area contributed by atoms with Crippen molar-refractivity contribution in [2.45, 2.75) is 39.5 Å². The molecule has 0 saturated carbocycles. The van der Waals surface area contributed by atoms with Gasteiger partial charge in [0, 0.05) is 11.4 Å². The van der Waals surface area contributed by atoms with Crippen molar-refractivity contribution in [3.05, 3.63) is 15.6 Å². The van der Waals surface area contributed by atoms with Gasteiger partial charge in [0.25, 0.3) is 0 Å². The number of aromatic nitrogens is 1. The minimum absolute atomic E-state index is 0.172. The van der Waals surface area contributed by atoms with Crippen molar-refractivity contribution in [3.63, 3.8) is 0 Å². The van der Waals surface area contributed by atoms with Gasteiger partial charge in [0.15, 0.2) is 0 Å². The third-order valence-electron chi connectivity index (χ3n) is 2.32. The van der Waals surface area contributed by atoms with E-state index in [4.69, 9.17) is 5.14 Å². The molecule has 0 bridgehead atoms. The molecule has 5 nitrogen and oxygen atoms in total. The predicted octanol–water partition coefficient (Wildman–Crippen LogP) is 1.24. The first-order chi connectivity index (χ1) is 8.31. The Morgan fingerprint density at radius 2 is 2.11 bits per heavy atom. The zero-order chi connectivity index (χ0) is 13.8. The fourth-order valence-corrected chi connectivity index (χ4v) is 3.62. The van der Waals surface area contributed by atoms with Crippen molar-refractivity contribution in [2.24, 2.45) is 11.1 Å². The van der Waals surface area contributed by atoms with Gasteiger partial charge in [-0.05, 0) is 18.9 Å². The number of nitrogens with zero attached hydrogens (tertiary/aromatic N) is 1. The van der Waals surface area contributed by atoms with Crippen molar-refractivity contribution in [2.75, 3.05) is 6.54 Å². The van der Waals surface area contributed by atoms with Gasteiger partial charge >= 0.3 is 0 Å². The molecule has 1 aromatic heterocycles. The zero-order valence-electron chi connectivity index (χ0n) is 11.1. The molecule has 0 aromatic carbocycles. The maximum Gasteiger partial charge on any atom is 0.215 e. The first-order valence-electron chi connectivity index (χ1n) is 6.00. The second kappa shape index (κ2) is 6.60. The van der Waals surface area contributed by atoms with Crippen LogP contribution >= 0.6 is 11.3 Å². The van der Waals surface area contributed by atoms with E-state index in [9.17, 15) is 8.42 Å². The Bertz CT molecular complexity index is 480. The van der Waals surface area contributed by atoms with Crippen LogP contribution in [0.25, 0.3) is 0 Å². The van der Waals surface area contributed by atoms with E-state index in [0.29, 0.717) is 10.9 Å². The molecule has 0 unspecified atom stereocenters. The van der Waals surface area contributed by atoms with Crippen molar-refractivity contribution < 1.29 is 8.42 Å². The second-order valence-corrected chi connectivity index (χ2v) is 7.45. The van der Waals surface area contributed by atoms with Crippen LogP contribution in [-0.2, 0) is 28.7 Å². The van der Waals surface area contributed by atoms with Crippen LogP contribution < -0.4 is 10.5 Å². The van der Waals surface area contributed by atoms with Crippen LogP contribution in [0.5, 0.6) is 0 Å². The van der Waals surface area contributed by atoms with Crippen LogP contribution in [0.3, 0.4) is 0 Å². The summed E-state index contributed by atoms with van der Waals surface area (Å²) in [5, 5.41) is 8.95. The molecule has 18 heavy (non-hydrogen) atoms. The van der Waals surface area contributed by atoms with Crippen molar-refractivity contribution in [1.82, 2.24) is 10.3 Å². The van der Waals surface area contributed by atoms with E-state index in [0.717, 1.165) is 30.1 Å². The van der Waals surface area contributed by atoms with E-state index in [1.165, 1.54) is 11.3 Å². The van der Waals surface area contributed by atoms with E-state index in [1.54, 1.807) is 0 Å². The fourth-order valence-electron chi connectivity index (χ4n) is 1.56. The lowest BCUT2D eigenvalue weighted by atomic mass is 10.2. The monoisotopic (exact) mass is 291 g/mol. The number of rotatable bonds is 7. The summed E-state index contributed by atoms with van der Waals surface area (Å²) in [6.45, 7) is 7.98. The first kappa shape index (κ1) is 15.6. The lowest BCUT2D eigenvalue weighted by molar-refractivity contribution is 0.553. The van der Waals surface area contributed by atoms with Crippen LogP contribution in [0.1, 0.15) is 36.3 Å². The van der Waals surface area contributed by atoms with E-state index in [-0.39, 0.29) is 5.75 Å². The molecule has 0 atom stereocenters. The molecular weight excluding hydrogens is 270 g/mol. The summed E-state index contributed by atoms with van der Waals surface area (Å²) >= 11 is 1.43. The van der Waals surface area contributed by atoms with E-state index >= 15 is 0 Å². The number of hydrogen-bond donors (Lipinski definition) is 2. The zero-order valence-corrected chi connectivity index (χ0v) is 12.7. The van der Waals surface area contributed by atoms with Gasteiger partial charge in [-0.25, -0.2) is 18.5 Å². The number of aryl methyl sites for hydroxylation is 1. The van der Waals surface area contributed by atoms with Crippen LogP contribution in [0.15, 0.2) is 0 Å². The van der Waals surface area contributed by atoms with Crippen LogP contribution in [0.4, 0.5) is 0 Å². The molecule has 0 radical (unpaired) electrons. The Morgan fingerprint density at radius 1 is 1.44 bits per heavy atom. The van der Waals surface area contributed by atoms with Gasteiger partial charge in [-0.1, -0.05) is 20.8 Å². The van der Waals surface area contributed by atoms with E-state index < -0.39 is 10.0 Å². The highest BCUT2D eigenvalue weighted by Gasteiger charge is 2.13. The van der Waals surface area contributed by atoms with Gasteiger partial charge in [0.05, 0.1) is 5.69 Å². The van der Waals surface area contributed by atoms with Gasteiger partial charge in [0.2, 0.25) is 10.0 Å². The molecule has 0 saturated heterocycles. The maximum absolute atomic E-state index is 11.0. The minimum atomic E-state index is -3.50. The smallest absolute Gasteiger partial charge is 0.215 e. The molecule has 1 rings (SSSR count). The Kier molecular flexibility index (Phi) is 5.71. The highest BCUT2D eigenvalue weighted by Crippen LogP contribution is 2.20. The molecule has 104 valence electrons. The highest BCUT2D eigenvalue weighted by molar-refractivity contribution is 7.88. The standard InChI is InChI=1S/C11H21N3O2S2/c1-4-9-10(6-13-5-8(2)3)17-11(14-9)7-18(12,15)16/h8,13H,4-7H2,1-3H3,(H2,12,15,16). The normalized spacial score (nSPS) is 12.3. The van der Waals surface area contributed by atoms with Crippen LogP contribution in [0, 0.1) is 5.92 Å². The minimum Gasteiger partial charge on any atom is -0.312 e. The third kappa shape index (κ3) is 5.43. The summed E-state index contributed by atoms with van der Waals surface area (Å²) in [5.74, 6) is 0.418. The molecule has 7 heteroatoms. The predicted molar refractivity (Wildman–Crippen MR) is 74.8 cm³/mol. The lowest BCUT2D eigenvalue weighted by Gasteiger charge is -2.06. The van der Waals surface area contributed by atoms with Crippen molar-refractivity contribution in [3.8, 4) is 0 Å². The van der Waals surface area contributed by atoms with Crippen LogP contribution in [0.2, 0.25) is 0 Å². The molecule has 1 aromatic rings. The molecule has 0 spiro atoms. The summed E-state index contributed by atoms with van der Waals surface area (Å²) in [4.78, 5) is 5.44. The highest BCUT2D eigenvalue weighted by atomic mass is 32.2. The molecule has 3 N–H and O–H groups in total. The number of nitrogens with one attached hydrogen (secondary N) is 1. The maximum atomic E-state index is 11.0. The molecule has 1 heterocycles. The second-order valence-electron chi connectivity index (χ2n) is 4.66. The first-order valence-corrected chi connectivity index (χ1v) is 8.53. The molecular formula is C11H21N3O2S2. The number of nitrogens with two attached hydrogens (primary N) is 1. The molecule has 0 fully saturated rings. The van der Waals surface area contributed by atoms with Gasteiger partial charge in [-0.2, -0.15) is 0 Å². The molecule has 0 amide bonds. The number of thiazole rings is 1. The number of sulfonamides is 1. The summed E-state index contributed by atoms with van der Waals surface area (Å²) in [5.41, 5.74) is 0.968. The average molecular weight is 291 g/mol. The van der Waals surface area contributed by atoms with Crippen molar-refractivity contribution in [1.29, 1.82) is 0 Å². The summed E-state index contributed by atoms with van der Waals surface area (Å²) in [7, 11) is -3.50. The topological polar surface area (TPSA) is 85.1 Å². The Hall–Kier alpha value is -0.500. The largest absolute Gasteiger partial charge is 0.312 e. The van der Waals surface area contributed by atoms with Crippen molar-refractivity contribution >= 4 is 21.4 Å². The Labute approximate surface area is 113 Å². The number of primary sulfonamides is 1. The Balaban J connectivity index is 2.72. The summed E-state index contributed by atoms with van der Waals surface area (Å²) < 4.78 is 22.1. The summed E-state index contributed by atoms with van der Waals surface area (Å²) in [6, 6.07) is 0. The fraction of sp³-hybridized carbons (Fsp3) is 0.727.